The number of hydrogen-bond acceptors (Lipinski definition) is 6. The van der Waals surface area contributed by atoms with Crippen LogP contribution < -0.4 is 9.47 Å². The lowest BCUT2D eigenvalue weighted by molar-refractivity contribution is 0.0333. The molecule has 3 rings (SSSR count). The Labute approximate surface area is 156 Å². The van der Waals surface area contributed by atoms with Gasteiger partial charge >= 0.3 is 0 Å². The molecule has 6 heteroatoms. The molecule has 1 aromatic carbocycles. The van der Waals surface area contributed by atoms with E-state index in [1.165, 1.54) is 31.5 Å². The third kappa shape index (κ3) is 5.58. The number of nitrogens with zero attached hydrogens (tertiary/aromatic N) is 2. The van der Waals surface area contributed by atoms with Crippen LogP contribution >= 0.6 is 0 Å². The second kappa shape index (κ2) is 9.55. The predicted octanol–water partition coefficient (Wildman–Crippen LogP) is 1.49. The Bertz CT molecular complexity index is 555. The highest BCUT2D eigenvalue weighted by Crippen LogP contribution is 2.29. The second-order valence-electron chi connectivity index (χ2n) is 7.47. The van der Waals surface area contributed by atoms with Crippen molar-refractivity contribution >= 4 is 0 Å². The molecule has 2 aliphatic heterocycles. The lowest BCUT2D eigenvalue weighted by atomic mass is 10.1. The summed E-state index contributed by atoms with van der Waals surface area (Å²) in [6.45, 7) is 5.74. The minimum absolute atomic E-state index is 0.192. The summed E-state index contributed by atoms with van der Waals surface area (Å²) in [5.41, 5.74) is 1.23. The molecule has 0 radical (unpaired) electrons. The van der Waals surface area contributed by atoms with Crippen LogP contribution in [0, 0.1) is 0 Å². The molecule has 0 aliphatic carbocycles. The van der Waals surface area contributed by atoms with Gasteiger partial charge in [0, 0.05) is 26.2 Å². The lowest BCUT2D eigenvalue weighted by Gasteiger charge is -2.30. The topological polar surface area (TPSA) is 65.4 Å². The van der Waals surface area contributed by atoms with Gasteiger partial charge in [-0.2, -0.15) is 0 Å². The van der Waals surface area contributed by atoms with Gasteiger partial charge in [-0.15, -0.1) is 0 Å². The summed E-state index contributed by atoms with van der Waals surface area (Å²) in [5, 5.41) is 19.8. The molecule has 146 valence electrons. The Hall–Kier alpha value is -1.34. The monoisotopic (exact) mass is 364 g/mol. The van der Waals surface area contributed by atoms with Gasteiger partial charge in [-0.05, 0) is 56.5 Å². The Morgan fingerprint density at radius 3 is 2.50 bits per heavy atom. The fourth-order valence-electron chi connectivity index (χ4n) is 3.77. The number of piperidine rings is 1. The second-order valence-corrected chi connectivity index (χ2v) is 7.47. The first kappa shape index (κ1) is 19.4. The first-order chi connectivity index (χ1) is 12.6. The molecule has 2 aliphatic rings. The average molecular weight is 364 g/mol. The lowest BCUT2D eigenvalue weighted by Crippen LogP contribution is -2.41. The van der Waals surface area contributed by atoms with E-state index in [0.29, 0.717) is 12.3 Å². The standard InChI is InChI=1S/C20H32N2O4/c1-25-20-12-16(13-21-8-2-3-9-21)4-5-19(20)26-15-18(24)14-22-10-6-17(23)7-11-22/h4-5,12,17-18,23-24H,2-3,6-11,13-15H2,1H3/t18-/m1/s1. The fourth-order valence-corrected chi connectivity index (χ4v) is 3.77. The van der Waals surface area contributed by atoms with Crippen LogP contribution in [-0.2, 0) is 6.54 Å². The van der Waals surface area contributed by atoms with Crippen molar-refractivity contribution in [3.8, 4) is 11.5 Å². The van der Waals surface area contributed by atoms with Crippen molar-refractivity contribution in [2.45, 2.75) is 44.4 Å². The predicted molar refractivity (Wildman–Crippen MR) is 101 cm³/mol. The number of β-amino-alcohol motifs (C(OH)–C–C–N with tert-alkyl or cyclic N) is 1. The van der Waals surface area contributed by atoms with Crippen LogP contribution in [0.4, 0.5) is 0 Å². The molecule has 0 unspecified atom stereocenters. The Morgan fingerprint density at radius 1 is 1.08 bits per heavy atom. The molecular formula is C20H32N2O4. The number of aliphatic hydroxyl groups is 2. The van der Waals surface area contributed by atoms with Gasteiger partial charge in [-0.25, -0.2) is 0 Å². The van der Waals surface area contributed by atoms with Crippen LogP contribution in [0.15, 0.2) is 18.2 Å². The van der Waals surface area contributed by atoms with Crippen LogP contribution in [0.2, 0.25) is 0 Å². The highest BCUT2D eigenvalue weighted by molar-refractivity contribution is 5.43. The maximum absolute atomic E-state index is 10.3. The average Bonchev–Trinajstić information content (AvgIpc) is 3.15. The van der Waals surface area contributed by atoms with Crippen molar-refractivity contribution in [3.05, 3.63) is 23.8 Å². The van der Waals surface area contributed by atoms with E-state index in [1.54, 1.807) is 7.11 Å². The van der Waals surface area contributed by atoms with E-state index in [1.807, 2.05) is 12.1 Å². The third-order valence-electron chi connectivity index (χ3n) is 5.29. The number of rotatable bonds is 8. The van der Waals surface area contributed by atoms with E-state index in [-0.39, 0.29) is 12.7 Å². The van der Waals surface area contributed by atoms with Crippen LogP contribution in [0.1, 0.15) is 31.2 Å². The van der Waals surface area contributed by atoms with Crippen LogP contribution in [0.5, 0.6) is 11.5 Å². The van der Waals surface area contributed by atoms with Gasteiger partial charge in [0.2, 0.25) is 0 Å². The molecule has 2 N–H and O–H groups in total. The molecule has 1 aromatic rings. The van der Waals surface area contributed by atoms with E-state index < -0.39 is 6.10 Å². The molecule has 2 heterocycles. The van der Waals surface area contributed by atoms with Crippen molar-refractivity contribution in [1.29, 1.82) is 0 Å². The maximum Gasteiger partial charge on any atom is 0.161 e. The Kier molecular flexibility index (Phi) is 7.14. The van der Waals surface area contributed by atoms with E-state index in [0.717, 1.165) is 38.2 Å². The number of benzene rings is 1. The van der Waals surface area contributed by atoms with Gasteiger partial charge in [0.1, 0.15) is 12.7 Å². The summed E-state index contributed by atoms with van der Waals surface area (Å²) in [4.78, 5) is 4.63. The molecular weight excluding hydrogens is 332 g/mol. The molecule has 1 atom stereocenters. The molecule has 2 saturated heterocycles. The van der Waals surface area contributed by atoms with Gasteiger partial charge < -0.3 is 24.6 Å². The van der Waals surface area contributed by atoms with E-state index >= 15 is 0 Å². The van der Waals surface area contributed by atoms with Crippen molar-refractivity contribution in [1.82, 2.24) is 9.80 Å². The molecule has 26 heavy (non-hydrogen) atoms. The molecule has 0 bridgehead atoms. The minimum atomic E-state index is -0.556. The van der Waals surface area contributed by atoms with E-state index in [4.69, 9.17) is 9.47 Å². The third-order valence-corrected chi connectivity index (χ3v) is 5.29. The number of likely N-dealkylation sites (tertiary alicyclic amines) is 2. The summed E-state index contributed by atoms with van der Waals surface area (Å²) in [6, 6.07) is 6.05. The van der Waals surface area contributed by atoms with Crippen molar-refractivity contribution in [3.63, 3.8) is 0 Å². The number of aliphatic hydroxyl groups excluding tert-OH is 2. The van der Waals surface area contributed by atoms with Gasteiger partial charge in [0.25, 0.3) is 0 Å². The molecule has 2 fully saturated rings. The van der Waals surface area contributed by atoms with Gasteiger partial charge in [-0.1, -0.05) is 6.07 Å². The molecule has 6 nitrogen and oxygen atoms in total. The molecule has 0 spiro atoms. The van der Waals surface area contributed by atoms with E-state index in [9.17, 15) is 10.2 Å². The van der Waals surface area contributed by atoms with Gasteiger partial charge in [0.05, 0.1) is 13.2 Å². The summed E-state index contributed by atoms with van der Waals surface area (Å²) >= 11 is 0. The fraction of sp³-hybridized carbons (Fsp3) is 0.700. The first-order valence-electron chi connectivity index (χ1n) is 9.74. The Morgan fingerprint density at radius 2 is 1.81 bits per heavy atom. The zero-order chi connectivity index (χ0) is 18.4. The van der Waals surface area contributed by atoms with E-state index in [2.05, 4.69) is 15.9 Å². The van der Waals surface area contributed by atoms with Crippen LogP contribution in [0.25, 0.3) is 0 Å². The van der Waals surface area contributed by atoms with Crippen molar-refractivity contribution in [2.75, 3.05) is 46.4 Å². The van der Waals surface area contributed by atoms with Crippen LogP contribution in [0.3, 0.4) is 0 Å². The number of hydrogen-bond donors (Lipinski definition) is 2. The maximum atomic E-state index is 10.3. The minimum Gasteiger partial charge on any atom is -0.493 e. The zero-order valence-corrected chi connectivity index (χ0v) is 15.8. The highest BCUT2D eigenvalue weighted by atomic mass is 16.5. The Balaban J connectivity index is 1.48. The molecule has 0 amide bonds. The molecule has 0 aromatic heterocycles. The highest BCUT2D eigenvalue weighted by Gasteiger charge is 2.20. The summed E-state index contributed by atoms with van der Waals surface area (Å²) in [7, 11) is 1.65. The summed E-state index contributed by atoms with van der Waals surface area (Å²) in [5.74, 6) is 1.39. The summed E-state index contributed by atoms with van der Waals surface area (Å²) < 4.78 is 11.3. The summed E-state index contributed by atoms with van der Waals surface area (Å²) in [6.07, 6.45) is 3.38. The largest absolute Gasteiger partial charge is 0.493 e. The zero-order valence-electron chi connectivity index (χ0n) is 15.8. The smallest absolute Gasteiger partial charge is 0.161 e. The van der Waals surface area contributed by atoms with Crippen LogP contribution in [-0.4, -0.2) is 78.7 Å². The van der Waals surface area contributed by atoms with Crippen molar-refractivity contribution in [2.24, 2.45) is 0 Å². The quantitative estimate of drug-likeness (QED) is 0.729. The normalized spacial score (nSPS) is 21.0. The molecule has 0 saturated carbocycles. The van der Waals surface area contributed by atoms with Crippen molar-refractivity contribution < 1.29 is 19.7 Å². The number of methoxy groups -OCH3 is 1. The SMILES string of the molecule is COc1cc(CN2CCCC2)ccc1OC[C@H](O)CN1CCC(O)CC1. The van der Waals surface area contributed by atoms with Gasteiger partial charge in [-0.3, -0.25) is 4.90 Å². The number of ether oxygens (including phenoxy) is 2. The van der Waals surface area contributed by atoms with Gasteiger partial charge in [0.15, 0.2) is 11.5 Å². The first-order valence-corrected chi connectivity index (χ1v) is 9.74.